The Balaban J connectivity index is 1.68. The molecule has 0 N–H and O–H groups in total. The minimum Gasteiger partial charge on any atom is -0.493 e. The fraction of sp³-hybridized carbons (Fsp3) is 0.836. The molecule has 0 spiro atoms. The lowest BCUT2D eigenvalue weighted by Crippen LogP contribution is -2.09. The zero-order valence-electron chi connectivity index (χ0n) is 77.4. The van der Waals surface area contributed by atoms with E-state index in [0.717, 1.165) is 55.5 Å². The maximum atomic E-state index is 13.2. The molecule has 0 saturated heterocycles. The van der Waals surface area contributed by atoms with E-state index in [9.17, 15) is 5.53 Å². The molecular formula is C110H196N2. The third-order valence-corrected chi connectivity index (χ3v) is 26.1. The molecular weight excluding hydrogens is 1350 g/mol. The highest BCUT2D eigenvalue weighted by Crippen LogP contribution is 2.40. The number of allylic oxidation sites excluding steroid dienone is 2. The zero-order valence-corrected chi connectivity index (χ0v) is 77.4. The fourth-order valence-electron chi connectivity index (χ4n) is 18.6. The van der Waals surface area contributed by atoms with Crippen molar-refractivity contribution in [2.75, 3.05) is 0 Å². The Labute approximate surface area is 703 Å². The van der Waals surface area contributed by atoms with E-state index < -0.39 is 0 Å². The van der Waals surface area contributed by atoms with Crippen molar-refractivity contribution in [1.29, 1.82) is 0 Å². The molecule has 3 rings (SSSR count). The van der Waals surface area contributed by atoms with Gasteiger partial charge >= 0.3 is 0 Å². The van der Waals surface area contributed by atoms with Gasteiger partial charge in [-0.15, -0.1) is 0 Å². The van der Waals surface area contributed by atoms with Gasteiger partial charge in [0, 0.05) is 23.6 Å². The number of benzene rings is 2. The van der Waals surface area contributed by atoms with Gasteiger partial charge < -0.3 is 5.53 Å². The summed E-state index contributed by atoms with van der Waals surface area (Å²) in [5.74, 6) is 7.58. The molecule has 0 unspecified atom stereocenters. The van der Waals surface area contributed by atoms with E-state index in [1.807, 2.05) is 0 Å². The molecule has 0 radical (unpaired) electrons. The van der Waals surface area contributed by atoms with Crippen LogP contribution in [0.2, 0.25) is 0 Å². The van der Waals surface area contributed by atoms with E-state index in [0.29, 0.717) is 0 Å². The molecule has 1 aliphatic heterocycles. The number of rotatable bonds is 86. The highest BCUT2D eigenvalue weighted by atomic mass is 15.2. The first-order chi connectivity index (χ1) is 55.5. The first kappa shape index (κ1) is 103. The van der Waals surface area contributed by atoms with Crippen LogP contribution in [-0.2, 0) is 38.5 Å². The Hall–Kier alpha value is -2.92. The van der Waals surface area contributed by atoms with E-state index in [-0.39, 0.29) is 0 Å². The Morgan fingerprint density at radius 1 is 0.214 bits per heavy atom. The maximum absolute atomic E-state index is 13.2. The second-order valence-corrected chi connectivity index (χ2v) is 36.8. The summed E-state index contributed by atoms with van der Waals surface area (Å²) in [5, 5.41) is 0. The van der Waals surface area contributed by atoms with Crippen molar-refractivity contribution in [1.82, 2.24) is 0 Å². The maximum Gasteiger partial charge on any atom is 0.223 e. The smallest absolute Gasteiger partial charge is 0.223 e. The molecule has 0 amide bonds. The van der Waals surface area contributed by atoms with E-state index in [1.165, 1.54) is 518 Å². The average molecular weight is 1550 g/mol. The summed E-state index contributed by atoms with van der Waals surface area (Å²) >= 11 is 0. The number of nitrogens with zero attached hydrogens (tertiary/aromatic N) is 2. The molecule has 2 heteroatoms. The van der Waals surface area contributed by atoms with Crippen molar-refractivity contribution in [2.24, 2.45) is 0 Å². The number of aryl methyl sites for hydroxylation is 4. The van der Waals surface area contributed by atoms with Gasteiger partial charge in [0.2, 0.25) is 11.4 Å². The molecule has 0 fully saturated rings. The monoisotopic (exact) mass is 1550 g/mol. The van der Waals surface area contributed by atoms with Gasteiger partial charge in [-0.1, -0.05) is 516 Å². The van der Waals surface area contributed by atoms with E-state index in [2.05, 4.69) is 90.6 Å². The largest absolute Gasteiger partial charge is 0.493 e. The standard InChI is InChI=1S/C110H196N2/c1-8-15-22-25-28-31-34-37-40-43-45-47-49-51-53-55-57-59-61-64-67-70-73-76-79-86-93-107-100(88-81-18-11-4)95-105(96-101(107)89-82-19-12-5)109-99-104(92-85-78-75-72-69-66-63-42-39-36-33-30-27-24-17-10-3)110(112(109)111)106-97-102(90-83-20-13-6)108(103(98-106)91-84-21-14-7)94-87-80-77-74-71-68-65-62-60-58-56-54-52-50-48-46-44-41-38-35-32-29-26-23-16-9-2/h95-99H,8-84,86-91,93-94H2,1-7H3. The molecule has 2 aromatic carbocycles. The van der Waals surface area contributed by atoms with Crippen LogP contribution in [0.1, 0.15) is 600 Å². The quantitative estimate of drug-likeness (QED) is 0.0358. The van der Waals surface area contributed by atoms with Gasteiger partial charge in [-0.25, -0.2) is 4.70 Å². The van der Waals surface area contributed by atoms with E-state index in [4.69, 9.17) is 0 Å². The van der Waals surface area contributed by atoms with Crippen LogP contribution >= 0.6 is 0 Å². The van der Waals surface area contributed by atoms with Crippen LogP contribution in [0.5, 0.6) is 0 Å². The molecule has 0 bridgehead atoms. The molecule has 0 aromatic heterocycles. The normalized spacial score (nSPS) is 12.4. The molecule has 0 aliphatic carbocycles. The lowest BCUT2D eigenvalue weighted by atomic mass is 9.87. The number of hydrogen-bond acceptors (Lipinski definition) is 0. The van der Waals surface area contributed by atoms with Crippen molar-refractivity contribution in [3.05, 3.63) is 86.0 Å². The SMILES string of the molecule is CCCCCCCCCCCCCCCCC#CC1=C(c2cc(CCCCC)c(CCCCCCCCCCCCCCCCCCCCCCCCCCCC)c(CCCCC)c2)[N+](=[N-])C(c2cc(CCCCC)c(CCCCCCCCCCCCCCCCCCCCCCCCCCCC)c(CCCCC)c2)=C1. The van der Waals surface area contributed by atoms with E-state index in [1.54, 1.807) is 38.1 Å². The van der Waals surface area contributed by atoms with Gasteiger partial charge in [0.05, 0.1) is 0 Å². The van der Waals surface area contributed by atoms with Gasteiger partial charge in [-0.05, 0) is 141 Å². The summed E-state index contributed by atoms with van der Waals surface area (Å²) in [7, 11) is 0. The molecule has 1 heterocycles. The predicted octanol–water partition coefficient (Wildman–Crippen LogP) is 38.7. The van der Waals surface area contributed by atoms with Crippen molar-refractivity contribution in [3.63, 3.8) is 0 Å². The fourth-order valence-corrected chi connectivity index (χ4v) is 18.6. The average Bonchev–Trinajstić information content (AvgIpc) is 1.59. The Kier molecular flexibility index (Phi) is 73.0. The van der Waals surface area contributed by atoms with Crippen molar-refractivity contribution in [3.8, 4) is 11.8 Å². The highest BCUT2D eigenvalue weighted by molar-refractivity contribution is 5.82. The molecule has 112 heavy (non-hydrogen) atoms. The van der Waals surface area contributed by atoms with Crippen LogP contribution in [0.4, 0.5) is 0 Å². The van der Waals surface area contributed by atoms with Crippen LogP contribution < -0.4 is 0 Å². The first-order valence-electron chi connectivity index (χ1n) is 52.2. The lowest BCUT2D eigenvalue weighted by molar-refractivity contribution is -0.344. The second kappa shape index (κ2) is 79.2. The minimum atomic E-state index is 0.921. The topological polar surface area (TPSA) is 25.3 Å². The lowest BCUT2D eigenvalue weighted by Gasteiger charge is -2.20. The van der Waals surface area contributed by atoms with Crippen LogP contribution in [-0.4, -0.2) is 4.70 Å². The third-order valence-electron chi connectivity index (χ3n) is 26.1. The van der Waals surface area contributed by atoms with Gasteiger partial charge in [0.15, 0.2) is 0 Å². The third kappa shape index (κ3) is 55.7. The first-order valence-corrected chi connectivity index (χ1v) is 52.2. The van der Waals surface area contributed by atoms with Crippen molar-refractivity contribution >= 4 is 11.4 Å². The Morgan fingerprint density at radius 2 is 0.393 bits per heavy atom. The van der Waals surface area contributed by atoms with Crippen LogP contribution in [0.25, 0.3) is 16.9 Å². The van der Waals surface area contributed by atoms with Crippen LogP contribution in [0, 0.1) is 11.8 Å². The Morgan fingerprint density at radius 3 is 0.616 bits per heavy atom. The van der Waals surface area contributed by atoms with Gasteiger partial charge in [-0.3, -0.25) is 0 Å². The highest BCUT2D eigenvalue weighted by Gasteiger charge is 2.31. The summed E-state index contributed by atoms with van der Waals surface area (Å²) in [6.45, 7) is 16.4. The van der Waals surface area contributed by atoms with Gasteiger partial charge in [0.25, 0.3) is 0 Å². The van der Waals surface area contributed by atoms with Crippen LogP contribution in [0.15, 0.2) is 35.9 Å². The van der Waals surface area contributed by atoms with E-state index >= 15 is 0 Å². The summed E-state index contributed by atoms with van der Waals surface area (Å²) in [5.41, 5.74) is 27.9. The molecule has 2 nitrogen and oxygen atoms in total. The molecule has 0 atom stereocenters. The molecule has 0 saturated carbocycles. The summed E-state index contributed by atoms with van der Waals surface area (Å²) in [4.78, 5) is 0. The van der Waals surface area contributed by atoms with Crippen molar-refractivity contribution in [2.45, 2.75) is 594 Å². The van der Waals surface area contributed by atoms with Gasteiger partial charge in [-0.2, -0.15) is 0 Å². The van der Waals surface area contributed by atoms with Crippen LogP contribution in [0.3, 0.4) is 0 Å². The number of hydrogen-bond donors (Lipinski definition) is 0. The Bertz CT molecular complexity index is 2480. The summed E-state index contributed by atoms with van der Waals surface area (Å²) in [6, 6.07) is 10.2. The summed E-state index contributed by atoms with van der Waals surface area (Å²) in [6.07, 6.45) is 119. The molecule has 646 valence electrons. The zero-order chi connectivity index (χ0) is 80.0. The van der Waals surface area contributed by atoms with Crippen molar-refractivity contribution < 1.29 is 4.70 Å². The summed E-state index contributed by atoms with van der Waals surface area (Å²) < 4.78 is 1.64. The second-order valence-electron chi connectivity index (χ2n) is 36.8. The molecule has 2 aromatic rings. The van der Waals surface area contributed by atoms with Gasteiger partial charge in [0.1, 0.15) is 5.57 Å². The molecule has 1 aliphatic rings. The number of unbranched alkanes of at least 4 members (excludes halogenated alkanes) is 72. The minimum absolute atomic E-state index is 0.921. The predicted molar refractivity (Wildman–Crippen MR) is 506 cm³/mol.